The smallest absolute Gasteiger partial charge is 0.303 e. The molecule has 0 saturated heterocycles. The van der Waals surface area contributed by atoms with E-state index in [2.05, 4.69) is 0 Å². The molecule has 0 fully saturated rings. The summed E-state index contributed by atoms with van der Waals surface area (Å²) in [6.45, 7) is 0.522. The van der Waals surface area contributed by atoms with Gasteiger partial charge in [0, 0.05) is 17.5 Å². The minimum Gasteiger partial charge on any atom is -0.489 e. The van der Waals surface area contributed by atoms with Gasteiger partial charge in [-0.15, -0.1) is 0 Å². The fourth-order valence-electron chi connectivity index (χ4n) is 3.19. The van der Waals surface area contributed by atoms with Gasteiger partial charge < -0.3 is 19.7 Å². The van der Waals surface area contributed by atoms with Crippen LogP contribution in [0.15, 0.2) is 78.9 Å². The third kappa shape index (κ3) is 7.63. The number of rotatable bonds is 12. The number of aliphatic hydroxyl groups excluding tert-OH is 1. The van der Waals surface area contributed by atoms with Crippen LogP contribution in [0, 0.1) is 0 Å². The fraction of sp³-hybridized carbons (Fsp3) is 0.185. The molecular weight excluding hydrogens is 418 g/mol. The van der Waals surface area contributed by atoms with Gasteiger partial charge in [0.1, 0.15) is 18.1 Å². The zero-order chi connectivity index (χ0) is 23.5. The summed E-state index contributed by atoms with van der Waals surface area (Å²) in [6.07, 6.45) is 4.04. The molecule has 0 aliphatic heterocycles. The zero-order valence-electron chi connectivity index (χ0n) is 18.3. The first-order valence-electron chi connectivity index (χ1n) is 10.7. The predicted octanol–water partition coefficient (Wildman–Crippen LogP) is 2.92. The lowest BCUT2D eigenvalue weighted by atomic mass is 10.1. The number of carboxylic acid groups (broad SMARTS) is 1. The number of hydrogen-bond donors (Lipinski definition) is 3. The summed E-state index contributed by atoms with van der Waals surface area (Å²) in [7, 11) is 0. The van der Waals surface area contributed by atoms with Gasteiger partial charge >= 0.3 is 5.97 Å². The molecule has 0 aliphatic carbocycles. The first-order valence-corrected chi connectivity index (χ1v) is 10.7. The number of aryl methyl sites for hydroxylation is 1. The van der Waals surface area contributed by atoms with E-state index in [1.165, 1.54) is 0 Å². The van der Waals surface area contributed by atoms with E-state index in [1.54, 1.807) is 12.2 Å². The summed E-state index contributed by atoms with van der Waals surface area (Å²) in [5, 5.41) is 24.1. The number of ether oxygens (including phenoxy) is 2. The van der Waals surface area contributed by atoms with Gasteiger partial charge in [-0.2, -0.15) is 0 Å². The molecule has 0 radical (unpaired) electrons. The Morgan fingerprint density at radius 3 is 2.36 bits per heavy atom. The third-order valence-electron chi connectivity index (χ3n) is 4.96. The van der Waals surface area contributed by atoms with E-state index in [1.807, 2.05) is 72.8 Å². The minimum absolute atomic E-state index is 0.0767. The lowest BCUT2D eigenvalue weighted by Gasteiger charge is -2.12. The molecule has 3 rings (SSSR count). The van der Waals surface area contributed by atoms with Gasteiger partial charge in [-0.25, -0.2) is 0 Å². The fourth-order valence-corrected chi connectivity index (χ4v) is 3.19. The molecule has 6 nitrogen and oxygen atoms in total. The maximum absolute atomic E-state index is 10.7. The highest BCUT2D eigenvalue weighted by Crippen LogP contribution is 2.23. The molecule has 0 spiro atoms. The molecule has 4 N–H and O–H groups in total. The monoisotopic (exact) mass is 446 g/mol. The van der Waals surface area contributed by atoms with Crippen LogP contribution in [0.4, 0.5) is 0 Å². The summed E-state index contributed by atoms with van der Waals surface area (Å²) >= 11 is 0. The zero-order valence-corrected chi connectivity index (χ0v) is 18.3. The lowest BCUT2D eigenvalue weighted by Crippen LogP contribution is -2.43. The van der Waals surface area contributed by atoms with Crippen LogP contribution in [0.25, 0.3) is 6.08 Å². The van der Waals surface area contributed by atoms with E-state index in [4.69, 9.17) is 20.0 Å². The van der Waals surface area contributed by atoms with E-state index >= 15 is 0 Å². The van der Waals surface area contributed by atoms with Crippen LogP contribution >= 0.6 is 0 Å². The molecule has 33 heavy (non-hydrogen) atoms. The molecule has 0 aliphatic rings. The van der Waals surface area contributed by atoms with E-state index in [9.17, 15) is 9.90 Å². The topological polar surface area (TPSA) is 102 Å². The second-order valence-electron chi connectivity index (χ2n) is 7.46. The lowest BCUT2D eigenvalue weighted by molar-refractivity contribution is -0.137. The van der Waals surface area contributed by atoms with Crippen molar-refractivity contribution in [3.05, 3.63) is 101 Å². The summed E-state index contributed by atoms with van der Waals surface area (Å²) in [4.78, 5) is 10.7. The van der Waals surface area contributed by atoms with E-state index in [0.29, 0.717) is 30.2 Å². The van der Waals surface area contributed by atoms with Crippen molar-refractivity contribution in [3.63, 3.8) is 0 Å². The van der Waals surface area contributed by atoms with Crippen LogP contribution in [-0.4, -0.2) is 35.1 Å². The van der Waals surface area contributed by atoms with Crippen LogP contribution in [0.2, 0.25) is 0 Å². The third-order valence-corrected chi connectivity index (χ3v) is 4.96. The van der Waals surface area contributed by atoms with Crippen molar-refractivity contribution < 1.29 is 29.9 Å². The van der Waals surface area contributed by atoms with Gasteiger partial charge in [0.2, 0.25) is 5.71 Å². The molecule has 0 amide bonds. The Hall–Kier alpha value is -3.90. The van der Waals surface area contributed by atoms with Crippen LogP contribution < -0.4 is 14.9 Å². The Morgan fingerprint density at radius 1 is 0.939 bits per heavy atom. The highest BCUT2D eigenvalue weighted by atomic mass is 16.5. The molecule has 170 valence electrons. The number of hydrogen-bond acceptors (Lipinski definition) is 4. The maximum Gasteiger partial charge on any atom is 0.303 e. The average Bonchev–Trinajstić information content (AvgIpc) is 2.85. The van der Waals surface area contributed by atoms with Crippen molar-refractivity contribution in [1.29, 1.82) is 0 Å². The van der Waals surface area contributed by atoms with Gasteiger partial charge in [0.25, 0.3) is 0 Å². The Morgan fingerprint density at radius 2 is 1.67 bits per heavy atom. The van der Waals surface area contributed by atoms with Crippen molar-refractivity contribution >= 4 is 17.8 Å². The molecule has 0 bridgehead atoms. The van der Waals surface area contributed by atoms with Gasteiger partial charge in [-0.3, -0.25) is 10.2 Å². The number of carbonyl (C=O) groups is 1. The van der Waals surface area contributed by atoms with Gasteiger partial charge in [-0.05, 0) is 53.9 Å². The normalized spacial score (nSPS) is 10.8. The minimum atomic E-state index is -0.811. The Bertz CT molecular complexity index is 1090. The van der Waals surface area contributed by atoms with Crippen LogP contribution in [0.5, 0.6) is 11.5 Å². The molecule has 0 saturated carbocycles. The Kier molecular flexibility index (Phi) is 8.79. The summed E-state index contributed by atoms with van der Waals surface area (Å²) in [5.74, 6) is 0.548. The summed E-state index contributed by atoms with van der Waals surface area (Å²) in [5.41, 5.74) is 4.26. The maximum atomic E-state index is 10.7. The van der Waals surface area contributed by atoms with Crippen molar-refractivity contribution in [2.24, 2.45) is 0 Å². The van der Waals surface area contributed by atoms with Crippen LogP contribution in [-0.2, 0) is 17.8 Å². The standard InChI is InChI=1S/C27H27NO5/c28-25(22-5-2-1-3-6-22)19-33-26-14-10-21(17-23(26)7-4-16-29)18-32-24-12-8-20(9-13-24)11-15-27(30)31/h1-10,12-14,17,28-29H,11,15-16,18-19H2,(H,30,31)/p+1/b7-4-,28-25?. The summed E-state index contributed by atoms with van der Waals surface area (Å²) in [6, 6.07) is 22.8. The number of carboxylic acids is 1. The van der Waals surface area contributed by atoms with Crippen LogP contribution in [0.1, 0.15) is 28.7 Å². The van der Waals surface area contributed by atoms with Crippen molar-refractivity contribution in [3.8, 4) is 11.5 Å². The largest absolute Gasteiger partial charge is 0.489 e. The van der Waals surface area contributed by atoms with Crippen molar-refractivity contribution in [2.75, 3.05) is 13.2 Å². The van der Waals surface area contributed by atoms with E-state index in [-0.39, 0.29) is 19.6 Å². The molecule has 0 atom stereocenters. The number of aliphatic hydroxyl groups is 1. The van der Waals surface area contributed by atoms with Gasteiger partial charge in [0.05, 0.1) is 6.61 Å². The first kappa shape index (κ1) is 23.8. The molecule has 3 aromatic rings. The molecular formula is C27H28NO5+. The van der Waals surface area contributed by atoms with Crippen molar-refractivity contribution in [1.82, 2.24) is 0 Å². The second kappa shape index (κ2) is 12.2. The second-order valence-corrected chi connectivity index (χ2v) is 7.46. The molecule has 0 unspecified atom stereocenters. The molecule has 6 heteroatoms. The van der Waals surface area contributed by atoms with Crippen molar-refractivity contribution in [2.45, 2.75) is 19.4 Å². The number of aliphatic carboxylic acids is 1. The SMILES string of the molecule is [NH2+]=C(COc1ccc(COc2ccc(CCC(=O)O)cc2)cc1/C=C\CO)c1ccccc1. The molecule has 0 aromatic heterocycles. The molecule has 0 heterocycles. The summed E-state index contributed by atoms with van der Waals surface area (Å²) < 4.78 is 11.8. The predicted molar refractivity (Wildman–Crippen MR) is 127 cm³/mol. The molecule has 3 aromatic carbocycles. The van der Waals surface area contributed by atoms with E-state index < -0.39 is 5.97 Å². The first-order chi connectivity index (χ1) is 16.0. The van der Waals surface area contributed by atoms with Gasteiger partial charge in [-0.1, -0.05) is 48.6 Å². The highest BCUT2D eigenvalue weighted by molar-refractivity contribution is 5.97. The quantitative estimate of drug-likeness (QED) is 0.372. The van der Waals surface area contributed by atoms with Gasteiger partial charge in [0.15, 0.2) is 6.61 Å². The van der Waals surface area contributed by atoms with Crippen LogP contribution in [0.3, 0.4) is 0 Å². The number of nitrogens with two attached hydrogens (primary N) is 1. The highest BCUT2D eigenvalue weighted by Gasteiger charge is 2.10. The van der Waals surface area contributed by atoms with E-state index in [0.717, 1.165) is 22.3 Å². The Labute approximate surface area is 193 Å². The Balaban J connectivity index is 1.63. The average molecular weight is 447 g/mol. The number of benzene rings is 3.